The summed E-state index contributed by atoms with van der Waals surface area (Å²) in [5.41, 5.74) is 1.12. The highest BCUT2D eigenvalue weighted by Gasteiger charge is 2.21. The lowest BCUT2D eigenvalue weighted by molar-refractivity contribution is -0.127. The van der Waals surface area contributed by atoms with Gasteiger partial charge in [0.1, 0.15) is 0 Å². The SMILES string of the molecule is COC(=O)c1ccc2c(=O)n(Cc3ccccc3Cl)c(SC(C)C(=O)N(C)C)nc2c1. The minimum Gasteiger partial charge on any atom is -0.465 e. The Kier molecular flexibility index (Phi) is 7.02. The Balaban J connectivity index is 2.17. The van der Waals surface area contributed by atoms with E-state index in [1.54, 1.807) is 33.2 Å². The summed E-state index contributed by atoms with van der Waals surface area (Å²) in [7, 11) is 4.64. The van der Waals surface area contributed by atoms with Crippen LogP contribution in [0.5, 0.6) is 0 Å². The first kappa shape index (κ1) is 22.8. The highest BCUT2D eigenvalue weighted by molar-refractivity contribution is 8.00. The zero-order valence-electron chi connectivity index (χ0n) is 17.6. The Bertz CT molecular complexity index is 1210. The molecule has 0 aliphatic rings. The first-order valence-electron chi connectivity index (χ1n) is 9.47. The average molecular weight is 460 g/mol. The lowest BCUT2D eigenvalue weighted by Crippen LogP contribution is -2.31. The molecule has 0 N–H and O–H groups in total. The Morgan fingerprint density at radius 1 is 1.23 bits per heavy atom. The van der Waals surface area contributed by atoms with Crippen LogP contribution in [0.25, 0.3) is 10.9 Å². The molecule has 0 bridgehead atoms. The van der Waals surface area contributed by atoms with Crippen molar-refractivity contribution in [2.45, 2.75) is 23.9 Å². The molecule has 7 nitrogen and oxygen atoms in total. The first-order chi connectivity index (χ1) is 14.7. The van der Waals surface area contributed by atoms with Crippen molar-refractivity contribution in [3.8, 4) is 0 Å². The highest BCUT2D eigenvalue weighted by atomic mass is 35.5. The number of carbonyl (C=O) groups is 2. The molecule has 3 aromatic rings. The maximum Gasteiger partial charge on any atom is 0.337 e. The molecule has 0 aliphatic carbocycles. The molecule has 31 heavy (non-hydrogen) atoms. The fourth-order valence-electron chi connectivity index (χ4n) is 3.04. The number of carbonyl (C=O) groups excluding carboxylic acids is 2. The van der Waals surface area contributed by atoms with Crippen molar-refractivity contribution in [3.63, 3.8) is 0 Å². The predicted octanol–water partition coefficient (Wildman–Crippen LogP) is 3.45. The van der Waals surface area contributed by atoms with Gasteiger partial charge in [0.2, 0.25) is 5.91 Å². The number of halogens is 1. The molecule has 1 atom stereocenters. The summed E-state index contributed by atoms with van der Waals surface area (Å²) in [5, 5.41) is 0.780. The minimum atomic E-state index is -0.519. The zero-order valence-corrected chi connectivity index (χ0v) is 19.2. The van der Waals surface area contributed by atoms with Gasteiger partial charge < -0.3 is 9.64 Å². The maximum absolute atomic E-state index is 13.4. The third-order valence-corrected chi connectivity index (χ3v) is 6.14. The molecule has 0 saturated carbocycles. The summed E-state index contributed by atoms with van der Waals surface area (Å²) in [6, 6.07) is 11.9. The first-order valence-corrected chi connectivity index (χ1v) is 10.7. The molecule has 0 aliphatic heterocycles. The number of benzene rings is 2. The van der Waals surface area contributed by atoms with E-state index >= 15 is 0 Å². The van der Waals surface area contributed by atoms with Crippen LogP contribution in [0.15, 0.2) is 52.4 Å². The number of ether oxygens (including phenoxy) is 1. The van der Waals surface area contributed by atoms with E-state index in [9.17, 15) is 14.4 Å². The molecule has 1 unspecified atom stereocenters. The number of amides is 1. The van der Waals surface area contributed by atoms with Crippen molar-refractivity contribution < 1.29 is 14.3 Å². The molecule has 0 saturated heterocycles. The largest absolute Gasteiger partial charge is 0.465 e. The number of nitrogens with zero attached hydrogens (tertiary/aromatic N) is 3. The van der Waals surface area contributed by atoms with E-state index in [2.05, 4.69) is 4.98 Å². The second-order valence-electron chi connectivity index (χ2n) is 7.09. The third kappa shape index (κ3) is 4.91. The summed E-state index contributed by atoms with van der Waals surface area (Å²) in [4.78, 5) is 43.8. The number of hydrogen-bond acceptors (Lipinski definition) is 6. The smallest absolute Gasteiger partial charge is 0.337 e. The molecular formula is C22H22ClN3O4S. The topological polar surface area (TPSA) is 81.5 Å². The van der Waals surface area contributed by atoms with Gasteiger partial charge in [-0.25, -0.2) is 9.78 Å². The summed E-state index contributed by atoms with van der Waals surface area (Å²) < 4.78 is 6.27. The lowest BCUT2D eigenvalue weighted by atomic mass is 10.1. The van der Waals surface area contributed by atoms with Crippen LogP contribution in [0.2, 0.25) is 5.02 Å². The summed E-state index contributed by atoms with van der Waals surface area (Å²) in [6.45, 7) is 1.96. The number of hydrogen-bond donors (Lipinski definition) is 0. The van der Waals surface area contributed by atoms with Crippen LogP contribution in [0.4, 0.5) is 0 Å². The quantitative estimate of drug-likeness (QED) is 0.319. The van der Waals surface area contributed by atoms with Gasteiger partial charge in [-0.3, -0.25) is 14.2 Å². The van der Waals surface area contributed by atoms with Gasteiger partial charge in [0.15, 0.2) is 5.16 Å². The number of thioether (sulfide) groups is 1. The molecule has 2 aromatic carbocycles. The molecule has 0 spiro atoms. The van der Waals surface area contributed by atoms with Crippen LogP contribution in [-0.4, -0.2) is 52.8 Å². The fraction of sp³-hybridized carbons (Fsp3) is 0.273. The number of esters is 1. The molecule has 3 rings (SSSR count). The van der Waals surface area contributed by atoms with E-state index in [1.165, 1.54) is 40.5 Å². The van der Waals surface area contributed by atoms with Gasteiger partial charge in [0.05, 0.1) is 35.4 Å². The molecule has 9 heteroatoms. The van der Waals surface area contributed by atoms with Gasteiger partial charge in [0.25, 0.3) is 5.56 Å². The number of fused-ring (bicyclic) bond motifs is 1. The fourth-order valence-corrected chi connectivity index (χ4v) is 4.29. The van der Waals surface area contributed by atoms with E-state index in [4.69, 9.17) is 16.3 Å². The van der Waals surface area contributed by atoms with E-state index in [-0.39, 0.29) is 18.0 Å². The summed E-state index contributed by atoms with van der Waals surface area (Å²) >= 11 is 7.49. The second-order valence-corrected chi connectivity index (χ2v) is 8.81. The van der Waals surface area contributed by atoms with Crippen molar-refractivity contribution >= 4 is 46.1 Å². The number of aromatic nitrogens is 2. The van der Waals surface area contributed by atoms with E-state index in [1.807, 2.05) is 18.2 Å². The van der Waals surface area contributed by atoms with Gasteiger partial charge in [-0.05, 0) is 36.8 Å². The summed E-state index contributed by atoms with van der Waals surface area (Å²) in [5.74, 6) is -0.624. The number of methoxy groups -OCH3 is 1. The standard InChI is InChI=1S/C22H22ClN3O4S/c1-13(19(27)25(2)3)31-22-24-18-11-14(21(29)30-4)9-10-16(18)20(28)26(22)12-15-7-5-6-8-17(15)23/h5-11,13H,12H2,1-4H3. The van der Waals surface area contributed by atoms with Crippen molar-refractivity contribution in [1.82, 2.24) is 14.5 Å². The number of rotatable bonds is 6. The molecule has 162 valence electrons. The van der Waals surface area contributed by atoms with Crippen LogP contribution >= 0.6 is 23.4 Å². The van der Waals surface area contributed by atoms with Gasteiger partial charge in [-0.2, -0.15) is 0 Å². The van der Waals surface area contributed by atoms with Crippen molar-refractivity contribution in [3.05, 3.63) is 69.0 Å². The summed E-state index contributed by atoms with van der Waals surface area (Å²) in [6.07, 6.45) is 0. The minimum absolute atomic E-state index is 0.105. The average Bonchev–Trinajstić information content (AvgIpc) is 2.75. The van der Waals surface area contributed by atoms with E-state index in [0.717, 1.165) is 5.56 Å². The highest BCUT2D eigenvalue weighted by Crippen LogP contribution is 2.26. The Morgan fingerprint density at radius 3 is 2.58 bits per heavy atom. The second kappa shape index (κ2) is 9.53. The van der Waals surface area contributed by atoms with Crippen LogP contribution in [-0.2, 0) is 16.1 Å². The third-order valence-electron chi connectivity index (χ3n) is 4.70. The Labute approximate surface area is 189 Å². The Morgan fingerprint density at radius 2 is 1.94 bits per heavy atom. The predicted molar refractivity (Wildman–Crippen MR) is 122 cm³/mol. The molecule has 0 fully saturated rings. The molecule has 1 amide bonds. The normalized spacial score (nSPS) is 11.9. The maximum atomic E-state index is 13.4. The molecule has 0 radical (unpaired) electrons. The van der Waals surface area contributed by atoms with Crippen LogP contribution in [0.3, 0.4) is 0 Å². The van der Waals surface area contributed by atoms with E-state index < -0.39 is 11.2 Å². The van der Waals surface area contributed by atoms with Crippen molar-refractivity contribution in [2.24, 2.45) is 0 Å². The van der Waals surface area contributed by atoms with Gasteiger partial charge in [-0.1, -0.05) is 41.6 Å². The van der Waals surface area contributed by atoms with Crippen molar-refractivity contribution in [1.29, 1.82) is 0 Å². The van der Waals surface area contributed by atoms with Crippen LogP contribution in [0.1, 0.15) is 22.8 Å². The monoisotopic (exact) mass is 459 g/mol. The molecular weight excluding hydrogens is 438 g/mol. The van der Waals surface area contributed by atoms with E-state index in [0.29, 0.717) is 26.6 Å². The zero-order chi connectivity index (χ0) is 22.7. The van der Waals surface area contributed by atoms with Crippen LogP contribution in [0, 0.1) is 0 Å². The molecule has 1 aromatic heterocycles. The van der Waals surface area contributed by atoms with Gasteiger partial charge >= 0.3 is 5.97 Å². The lowest BCUT2D eigenvalue weighted by Gasteiger charge is -2.19. The Hall–Kier alpha value is -2.84. The molecule has 1 heterocycles. The van der Waals surface area contributed by atoms with Crippen LogP contribution < -0.4 is 5.56 Å². The van der Waals surface area contributed by atoms with Gasteiger partial charge in [0, 0.05) is 19.1 Å². The van der Waals surface area contributed by atoms with Gasteiger partial charge in [-0.15, -0.1) is 0 Å². The van der Waals surface area contributed by atoms with Crippen molar-refractivity contribution in [2.75, 3.05) is 21.2 Å².